The molecule has 1 heterocycles. The zero-order valence-electron chi connectivity index (χ0n) is 9.90. The van der Waals surface area contributed by atoms with Gasteiger partial charge in [-0.25, -0.2) is 4.79 Å². The third-order valence-electron chi connectivity index (χ3n) is 2.68. The molecule has 0 fully saturated rings. The van der Waals surface area contributed by atoms with Gasteiger partial charge in [0.25, 0.3) is 0 Å². The number of halogens is 1. The maximum Gasteiger partial charge on any atom is 0.341 e. The van der Waals surface area contributed by atoms with Gasteiger partial charge >= 0.3 is 5.97 Å². The second-order valence-corrected chi connectivity index (χ2v) is 4.68. The fraction of sp³-hybridized carbons (Fsp3) is 0.308. The number of carboxylic acid groups (broad SMARTS) is 1. The number of carbonyl (C=O) groups is 1. The molecule has 0 saturated heterocycles. The van der Waals surface area contributed by atoms with Crippen LogP contribution in [0.5, 0.6) is 5.75 Å². The van der Waals surface area contributed by atoms with Crippen LogP contribution in [0.4, 0.5) is 0 Å². The van der Waals surface area contributed by atoms with Crippen molar-refractivity contribution in [2.45, 2.75) is 13.3 Å². The van der Waals surface area contributed by atoms with E-state index < -0.39 is 5.97 Å². The molecule has 0 aliphatic rings. The molecule has 1 aromatic heterocycles. The number of carboxylic acids is 1. The fourth-order valence-electron chi connectivity index (χ4n) is 1.92. The Hall–Kier alpha value is -1.49. The molecule has 5 heteroatoms. The Morgan fingerprint density at radius 3 is 2.94 bits per heavy atom. The maximum atomic E-state index is 10.5. The average Bonchev–Trinajstić information content (AvgIpc) is 2.65. The van der Waals surface area contributed by atoms with Gasteiger partial charge in [0.2, 0.25) is 0 Å². The van der Waals surface area contributed by atoms with Crippen molar-refractivity contribution in [2.24, 2.45) is 0 Å². The minimum Gasteiger partial charge on any atom is -0.479 e. The normalized spacial score (nSPS) is 10.8. The van der Waals surface area contributed by atoms with E-state index in [-0.39, 0.29) is 6.61 Å². The summed E-state index contributed by atoms with van der Waals surface area (Å²) in [5, 5.41) is 10.5. The highest BCUT2D eigenvalue weighted by atomic mass is 79.9. The van der Waals surface area contributed by atoms with Crippen molar-refractivity contribution < 1.29 is 19.1 Å². The van der Waals surface area contributed by atoms with Gasteiger partial charge in [0.15, 0.2) is 17.9 Å². The lowest BCUT2D eigenvalue weighted by molar-refractivity contribution is -0.139. The molecule has 18 heavy (non-hydrogen) atoms. The van der Waals surface area contributed by atoms with Gasteiger partial charge in [-0.15, -0.1) is 0 Å². The summed E-state index contributed by atoms with van der Waals surface area (Å²) >= 11 is 3.41. The standard InChI is InChI=1S/C13H13BrO4/c1-8-9(5-6-14)10-3-2-4-11(13(10)18-8)17-7-12(15)16/h2-4H,5-7H2,1H3,(H,15,16). The number of ether oxygens (including phenoxy) is 1. The second kappa shape index (κ2) is 5.44. The van der Waals surface area contributed by atoms with Crippen LogP contribution in [0, 0.1) is 6.92 Å². The molecule has 96 valence electrons. The number of rotatable bonds is 5. The minimum absolute atomic E-state index is 0.368. The summed E-state index contributed by atoms with van der Waals surface area (Å²) in [5.41, 5.74) is 1.75. The van der Waals surface area contributed by atoms with Crippen LogP contribution in [0.15, 0.2) is 22.6 Å². The van der Waals surface area contributed by atoms with Crippen molar-refractivity contribution in [3.05, 3.63) is 29.5 Å². The van der Waals surface area contributed by atoms with E-state index in [1.807, 2.05) is 19.1 Å². The number of furan rings is 1. The van der Waals surface area contributed by atoms with Crippen LogP contribution in [0.25, 0.3) is 11.0 Å². The lowest BCUT2D eigenvalue weighted by Crippen LogP contribution is -2.09. The zero-order chi connectivity index (χ0) is 13.1. The molecular weight excluding hydrogens is 300 g/mol. The summed E-state index contributed by atoms with van der Waals surface area (Å²) in [6, 6.07) is 5.51. The van der Waals surface area contributed by atoms with Gasteiger partial charge in [0.1, 0.15) is 5.76 Å². The predicted octanol–water partition coefficient (Wildman–Crippen LogP) is 3.14. The van der Waals surface area contributed by atoms with Crippen molar-refractivity contribution in [1.29, 1.82) is 0 Å². The van der Waals surface area contributed by atoms with E-state index in [0.717, 1.165) is 28.5 Å². The van der Waals surface area contributed by atoms with Crippen LogP contribution >= 0.6 is 15.9 Å². The predicted molar refractivity (Wildman–Crippen MR) is 71.6 cm³/mol. The summed E-state index contributed by atoms with van der Waals surface area (Å²) in [6.07, 6.45) is 0.862. The first kappa shape index (κ1) is 13.0. The molecular formula is C13H13BrO4. The lowest BCUT2D eigenvalue weighted by Gasteiger charge is -2.03. The lowest BCUT2D eigenvalue weighted by atomic mass is 10.1. The highest BCUT2D eigenvalue weighted by molar-refractivity contribution is 9.09. The third kappa shape index (κ3) is 2.51. The van der Waals surface area contributed by atoms with Gasteiger partial charge in [-0.2, -0.15) is 0 Å². The van der Waals surface area contributed by atoms with E-state index in [1.165, 1.54) is 0 Å². The third-order valence-corrected chi connectivity index (χ3v) is 3.08. The van der Waals surface area contributed by atoms with E-state index in [1.54, 1.807) is 6.07 Å². The van der Waals surface area contributed by atoms with Gasteiger partial charge in [0.05, 0.1) is 0 Å². The van der Waals surface area contributed by atoms with Gasteiger partial charge in [-0.1, -0.05) is 28.1 Å². The monoisotopic (exact) mass is 312 g/mol. The molecule has 0 aliphatic carbocycles. The molecule has 1 N–H and O–H groups in total. The van der Waals surface area contributed by atoms with Gasteiger partial charge in [0, 0.05) is 16.3 Å². The van der Waals surface area contributed by atoms with E-state index in [0.29, 0.717) is 11.3 Å². The van der Waals surface area contributed by atoms with Crippen molar-refractivity contribution in [1.82, 2.24) is 0 Å². The molecule has 0 aliphatic heterocycles. The number of para-hydroxylation sites is 1. The Bertz CT molecular complexity index is 574. The average molecular weight is 313 g/mol. The summed E-state index contributed by atoms with van der Waals surface area (Å²) in [4.78, 5) is 10.5. The Kier molecular flexibility index (Phi) is 3.91. The first-order valence-corrected chi connectivity index (χ1v) is 6.67. The van der Waals surface area contributed by atoms with Crippen molar-refractivity contribution >= 4 is 32.9 Å². The Balaban J connectivity index is 2.43. The van der Waals surface area contributed by atoms with Crippen molar-refractivity contribution in [3.63, 3.8) is 0 Å². The first-order valence-electron chi connectivity index (χ1n) is 5.55. The van der Waals surface area contributed by atoms with Gasteiger partial charge in [-0.05, 0) is 19.4 Å². The Labute approximate surface area is 113 Å². The summed E-state index contributed by atoms with van der Waals surface area (Å²) in [6.45, 7) is 1.53. The molecule has 4 nitrogen and oxygen atoms in total. The maximum absolute atomic E-state index is 10.5. The molecule has 0 atom stereocenters. The zero-order valence-corrected chi connectivity index (χ0v) is 11.5. The molecule has 2 aromatic rings. The van der Waals surface area contributed by atoms with Crippen LogP contribution < -0.4 is 4.74 Å². The van der Waals surface area contributed by atoms with Crippen molar-refractivity contribution in [2.75, 3.05) is 11.9 Å². The Morgan fingerprint density at radius 1 is 1.50 bits per heavy atom. The molecule has 0 unspecified atom stereocenters. The molecule has 1 aromatic carbocycles. The first-order chi connectivity index (χ1) is 8.63. The number of hydrogen-bond donors (Lipinski definition) is 1. The van der Waals surface area contributed by atoms with Crippen LogP contribution in [0.3, 0.4) is 0 Å². The molecule has 0 spiro atoms. The fourth-order valence-corrected chi connectivity index (χ4v) is 2.32. The van der Waals surface area contributed by atoms with Crippen LogP contribution in [-0.2, 0) is 11.2 Å². The smallest absolute Gasteiger partial charge is 0.341 e. The Morgan fingerprint density at radius 2 is 2.28 bits per heavy atom. The van der Waals surface area contributed by atoms with Crippen molar-refractivity contribution in [3.8, 4) is 5.75 Å². The number of aryl methyl sites for hydroxylation is 2. The highest BCUT2D eigenvalue weighted by Crippen LogP contribution is 2.33. The largest absolute Gasteiger partial charge is 0.479 e. The van der Waals surface area contributed by atoms with E-state index in [9.17, 15) is 4.79 Å². The number of aliphatic carboxylic acids is 1. The topological polar surface area (TPSA) is 59.7 Å². The second-order valence-electron chi connectivity index (χ2n) is 3.89. The number of alkyl halides is 1. The molecule has 0 radical (unpaired) electrons. The van der Waals surface area contributed by atoms with Gasteiger partial charge < -0.3 is 14.3 Å². The number of benzene rings is 1. The summed E-state index contributed by atoms with van der Waals surface area (Å²) in [5.74, 6) is 0.311. The molecule has 0 amide bonds. The van der Waals surface area contributed by atoms with Crippen LogP contribution in [0.2, 0.25) is 0 Å². The molecule has 2 rings (SSSR count). The molecule has 0 saturated carbocycles. The van der Waals surface area contributed by atoms with Gasteiger partial charge in [-0.3, -0.25) is 0 Å². The number of hydrogen-bond acceptors (Lipinski definition) is 3. The summed E-state index contributed by atoms with van der Waals surface area (Å²) < 4.78 is 10.9. The van der Waals surface area contributed by atoms with E-state index >= 15 is 0 Å². The molecule has 0 bridgehead atoms. The number of fused-ring (bicyclic) bond motifs is 1. The minimum atomic E-state index is -1.00. The summed E-state index contributed by atoms with van der Waals surface area (Å²) in [7, 11) is 0. The van der Waals surface area contributed by atoms with E-state index in [2.05, 4.69) is 15.9 Å². The van der Waals surface area contributed by atoms with Crippen LogP contribution in [-0.4, -0.2) is 23.0 Å². The van der Waals surface area contributed by atoms with Crippen LogP contribution in [0.1, 0.15) is 11.3 Å². The highest BCUT2D eigenvalue weighted by Gasteiger charge is 2.14. The van der Waals surface area contributed by atoms with E-state index in [4.69, 9.17) is 14.3 Å². The SMILES string of the molecule is Cc1oc2c(OCC(=O)O)cccc2c1CCBr. The quantitative estimate of drug-likeness (QED) is 0.862.